The molecule has 0 aliphatic heterocycles. The van der Waals surface area contributed by atoms with Crippen molar-refractivity contribution in [3.05, 3.63) is 34.5 Å². The number of aromatic nitrogens is 3. The normalized spacial score (nSPS) is 13.1. The summed E-state index contributed by atoms with van der Waals surface area (Å²) >= 11 is 1.71. The maximum atomic E-state index is 4.63. The highest BCUT2D eigenvalue weighted by Gasteiger charge is 2.15. The largest absolute Gasteiger partial charge is 0.309 e. The number of hydrogen-bond donors (Lipinski definition) is 1. The van der Waals surface area contributed by atoms with Crippen LogP contribution in [0.15, 0.2) is 24.0 Å². The third-order valence-electron chi connectivity index (χ3n) is 3.04. The van der Waals surface area contributed by atoms with E-state index < -0.39 is 0 Å². The highest BCUT2D eigenvalue weighted by atomic mass is 32.1. The van der Waals surface area contributed by atoms with Crippen LogP contribution in [0.3, 0.4) is 0 Å². The second-order valence-electron chi connectivity index (χ2n) is 5.00. The third kappa shape index (κ3) is 3.88. The van der Waals surface area contributed by atoms with Crippen molar-refractivity contribution in [3.63, 3.8) is 0 Å². The molecule has 1 unspecified atom stereocenters. The number of hydrogen-bond acceptors (Lipinski definition) is 4. The van der Waals surface area contributed by atoms with Gasteiger partial charge < -0.3 is 5.32 Å². The SMILES string of the molecule is CCCNC(Cc1ccn(C(C)C)n1)c1cncs1. The lowest BCUT2D eigenvalue weighted by Gasteiger charge is -2.15. The van der Waals surface area contributed by atoms with Gasteiger partial charge >= 0.3 is 0 Å². The van der Waals surface area contributed by atoms with Crippen molar-refractivity contribution in [2.45, 2.75) is 45.7 Å². The predicted octanol–water partition coefficient (Wildman–Crippen LogP) is 3.20. The zero-order valence-corrected chi connectivity index (χ0v) is 12.7. The fourth-order valence-electron chi connectivity index (χ4n) is 1.97. The summed E-state index contributed by atoms with van der Waals surface area (Å²) in [7, 11) is 0. The second kappa shape index (κ2) is 6.82. The number of nitrogens with one attached hydrogen (secondary N) is 1. The van der Waals surface area contributed by atoms with Gasteiger partial charge in [-0.15, -0.1) is 11.3 Å². The summed E-state index contributed by atoms with van der Waals surface area (Å²) in [4.78, 5) is 5.46. The molecule has 0 fully saturated rings. The Morgan fingerprint density at radius 1 is 1.42 bits per heavy atom. The highest BCUT2D eigenvalue weighted by molar-refractivity contribution is 7.09. The van der Waals surface area contributed by atoms with E-state index in [1.165, 1.54) is 4.88 Å². The van der Waals surface area contributed by atoms with Gasteiger partial charge in [-0.25, -0.2) is 0 Å². The summed E-state index contributed by atoms with van der Waals surface area (Å²) in [5, 5.41) is 8.21. The minimum Gasteiger partial charge on any atom is -0.309 e. The van der Waals surface area contributed by atoms with E-state index >= 15 is 0 Å². The lowest BCUT2D eigenvalue weighted by atomic mass is 10.1. The number of nitrogens with zero attached hydrogens (tertiary/aromatic N) is 3. The maximum absolute atomic E-state index is 4.63. The van der Waals surface area contributed by atoms with Gasteiger partial charge in [-0.3, -0.25) is 9.67 Å². The maximum Gasteiger partial charge on any atom is 0.0794 e. The molecule has 2 rings (SSSR count). The topological polar surface area (TPSA) is 42.7 Å². The van der Waals surface area contributed by atoms with Crippen molar-refractivity contribution in [2.75, 3.05) is 6.54 Å². The molecule has 0 aromatic carbocycles. The number of rotatable bonds is 7. The quantitative estimate of drug-likeness (QED) is 0.845. The standard InChI is InChI=1S/C14H22N4S/c1-4-6-16-13(14-9-15-10-19-14)8-12-5-7-18(17-12)11(2)3/h5,7,9-11,13,16H,4,6,8H2,1-3H3. The van der Waals surface area contributed by atoms with E-state index in [9.17, 15) is 0 Å². The molecule has 19 heavy (non-hydrogen) atoms. The van der Waals surface area contributed by atoms with Gasteiger partial charge in [0.15, 0.2) is 0 Å². The molecule has 2 heterocycles. The van der Waals surface area contributed by atoms with Crippen molar-refractivity contribution in [3.8, 4) is 0 Å². The van der Waals surface area contributed by atoms with Gasteiger partial charge in [0.1, 0.15) is 0 Å². The molecule has 104 valence electrons. The van der Waals surface area contributed by atoms with E-state index in [1.807, 2.05) is 16.4 Å². The van der Waals surface area contributed by atoms with Crippen LogP contribution < -0.4 is 5.32 Å². The van der Waals surface area contributed by atoms with E-state index in [0.29, 0.717) is 12.1 Å². The van der Waals surface area contributed by atoms with E-state index in [0.717, 1.165) is 25.1 Å². The summed E-state index contributed by atoms with van der Waals surface area (Å²) in [6.07, 6.45) is 6.07. The molecule has 0 aliphatic rings. The summed E-state index contributed by atoms with van der Waals surface area (Å²) in [5.41, 5.74) is 3.03. The van der Waals surface area contributed by atoms with Crippen LogP contribution in [0.5, 0.6) is 0 Å². The van der Waals surface area contributed by atoms with Crippen LogP contribution in [-0.2, 0) is 6.42 Å². The summed E-state index contributed by atoms with van der Waals surface area (Å²) in [6, 6.07) is 2.85. The minimum atomic E-state index is 0.322. The molecule has 2 aromatic rings. The molecule has 0 amide bonds. The van der Waals surface area contributed by atoms with Crippen LogP contribution in [-0.4, -0.2) is 21.3 Å². The van der Waals surface area contributed by atoms with Crippen molar-refractivity contribution in [1.82, 2.24) is 20.1 Å². The highest BCUT2D eigenvalue weighted by Crippen LogP contribution is 2.21. The molecule has 0 aliphatic carbocycles. The van der Waals surface area contributed by atoms with Gasteiger partial charge in [0.25, 0.3) is 0 Å². The van der Waals surface area contributed by atoms with Crippen molar-refractivity contribution < 1.29 is 0 Å². The molecular formula is C14H22N4S. The Kier molecular flexibility index (Phi) is 5.10. The molecule has 0 saturated heterocycles. The summed E-state index contributed by atoms with van der Waals surface area (Å²) in [5.74, 6) is 0. The fourth-order valence-corrected chi connectivity index (χ4v) is 2.67. The van der Waals surface area contributed by atoms with Crippen molar-refractivity contribution in [1.29, 1.82) is 0 Å². The first-order valence-corrected chi connectivity index (χ1v) is 7.74. The first-order valence-electron chi connectivity index (χ1n) is 6.86. The average Bonchev–Trinajstić information content (AvgIpc) is 3.05. The first kappa shape index (κ1) is 14.2. The molecule has 5 heteroatoms. The second-order valence-corrected chi connectivity index (χ2v) is 5.91. The molecule has 1 N–H and O–H groups in total. The molecule has 0 saturated carbocycles. The molecular weight excluding hydrogens is 256 g/mol. The Hall–Kier alpha value is -1.20. The van der Waals surface area contributed by atoms with E-state index in [2.05, 4.69) is 48.4 Å². The lowest BCUT2D eigenvalue weighted by molar-refractivity contribution is 0.502. The van der Waals surface area contributed by atoms with Crippen LogP contribution in [0, 0.1) is 0 Å². The molecule has 0 bridgehead atoms. The zero-order valence-electron chi connectivity index (χ0n) is 11.8. The Morgan fingerprint density at radius 3 is 2.84 bits per heavy atom. The smallest absolute Gasteiger partial charge is 0.0794 e. The Bertz CT molecular complexity index is 475. The van der Waals surface area contributed by atoms with Gasteiger partial charge in [-0.05, 0) is 32.9 Å². The molecule has 2 aromatic heterocycles. The molecule has 1 atom stereocenters. The van der Waals surface area contributed by atoms with Crippen LogP contribution in [0.25, 0.3) is 0 Å². The van der Waals surface area contributed by atoms with Crippen LogP contribution in [0.4, 0.5) is 0 Å². The van der Waals surface area contributed by atoms with E-state index in [1.54, 1.807) is 11.3 Å². The number of thiazole rings is 1. The Labute approximate surface area is 118 Å². The zero-order chi connectivity index (χ0) is 13.7. The van der Waals surface area contributed by atoms with Gasteiger partial charge in [-0.1, -0.05) is 6.92 Å². The Balaban J connectivity index is 2.06. The monoisotopic (exact) mass is 278 g/mol. The van der Waals surface area contributed by atoms with Gasteiger partial charge in [0, 0.05) is 35.8 Å². The molecule has 0 radical (unpaired) electrons. The van der Waals surface area contributed by atoms with Gasteiger partial charge in [-0.2, -0.15) is 5.10 Å². The Morgan fingerprint density at radius 2 is 2.26 bits per heavy atom. The third-order valence-corrected chi connectivity index (χ3v) is 3.93. The minimum absolute atomic E-state index is 0.322. The van der Waals surface area contributed by atoms with Crippen molar-refractivity contribution in [2.24, 2.45) is 0 Å². The average molecular weight is 278 g/mol. The van der Waals surface area contributed by atoms with E-state index in [-0.39, 0.29) is 0 Å². The molecule has 4 nitrogen and oxygen atoms in total. The summed E-state index contributed by atoms with van der Waals surface area (Å²) in [6.45, 7) is 7.50. The van der Waals surface area contributed by atoms with Crippen LogP contribution >= 0.6 is 11.3 Å². The van der Waals surface area contributed by atoms with Crippen molar-refractivity contribution >= 4 is 11.3 Å². The lowest BCUT2D eigenvalue weighted by Crippen LogP contribution is -2.23. The predicted molar refractivity (Wildman–Crippen MR) is 79.5 cm³/mol. The molecule has 0 spiro atoms. The van der Waals surface area contributed by atoms with Gasteiger partial charge in [0.05, 0.1) is 11.2 Å². The van der Waals surface area contributed by atoms with Crippen LogP contribution in [0.1, 0.15) is 49.8 Å². The van der Waals surface area contributed by atoms with E-state index in [4.69, 9.17) is 0 Å². The van der Waals surface area contributed by atoms with Gasteiger partial charge in [0.2, 0.25) is 0 Å². The fraction of sp³-hybridized carbons (Fsp3) is 0.571. The first-order chi connectivity index (χ1) is 9.20. The van der Waals surface area contributed by atoms with Crippen LogP contribution in [0.2, 0.25) is 0 Å². The summed E-state index contributed by atoms with van der Waals surface area (Å²) < 4.78 is 2.01.